The van der Waals surface area contributed by atoms with Crippen LogP contribution in [-0.4, -0.2) is 22.6 Å². The Labute approximate surface area is 265 Å². The maximum atomic E-state index is 2.62. The van der Waals surface area contributed by atoms with Crippen molar-refractivity contribution in [3.8, 4) is 33.6 Å². The lowest BCUT2D eigenvalue weighted by molar-refractivity contribution is 1.15. The Hall–Kier alpha value is -5.73. The van der Waals surface area contributed by atoms with E-state index in [0.29, 0.717) is 0 Å². The Morgan fingerprint density at radius 3 is 1.33 bits per heavy atom. The van der Waals surface area contributed by atoms with E-state index in [9.17, 15) is 0 Å². The summed E-state index contributed by atoms with van der Waals surface area (Å²) in [5.74, 6) is 0. The van der Waals surface area contributed by atoms with Gasteiger partial charge >= 0.3 is 0 Å². The Bertz CT molecular complexity index is 2750. The van der Waals surface area contributed by atoms with Gasteiger partial charge in [0.25, 0.3) is 0 Å². The van der Waals surface area contributed by atoms with Crippen molar-refractivity contribution >= 4 is 89.8 Å². The first-order chi connectivity index (χ1) is 22.9. The molecule has 0 saturated carbocycles. The normalized spacial score (nSPS) is 14.0. The third-order valence-electron chi connectivity index (χ3n) is 11.7. The van der Waals surface area contributed by atoms with Gasteiger partial charge in [-0.15, -0.1) is 0 Å². The van der Waals surface area contributed by atoms with Crippen molar-refractivity contribution in [3.63, 3.8) is 0 Å². The zero-order valence-electron chi connectivity index (χ0n) is 24.8. The van der Waals surface area contributed by atoms with Crippen LogP contribution in [0.4, 0.5) is 0 Å². The molecule has 0 fully saturated rings. The van der Waals surface area contributed by atoms with Crippen LogP contribution in [0.1, 0.15) is 0 Å². The number of hydrogen-bond acceptors (Lipinski definition) is 0. The number of fused-ring (bicyclic) bond motifs is 18. The summed E-state index contributed by atoms with van der Waals surface area (Å²) in [6, 6.07) is 50.9. The van der Waals surface area contributed by atoms with E-state index >= 15 is 0 Å². The predicted molar refractivity (Wildman–Crippen MR) is 195 cm³/mol. The Kier molecular flexibility index (Phi) is 3.65. The molecule has 6 heterocycles. The van der Waals surface area contributed by atoms with Crippen LogP contribution >= 0.6 is 0 Å². The molecule has 206 valence electrons. The van der Waals surface area contributed by atoms with Crippen molar-refractivity contribution in [1.82, 2.24) is 9.13 Å². The Morgan fingerprint density at radius 2 is 0.804 bits per heavy atom. The van der Waals surface area contributed by atoms with E-state index in [1.807, 2.05) is 0 Å². The van der Waals surface area contributed by atoms with E-state index in [-0.39, 0.29) is 13.4 Å². The van der Waals surface area contributed by atoms with Gasteiger partial charge in [-0.25, -0.2) is 0 Å². The average Bonchev–Trinajstić information content (AvgIpc) is 3.83. The minimum Gasteiger partial charge on any atom is -0.310 e. The number of para-hydroxylation sites is 2. The molecule has 0 N–H and O–H groups in total. The fourth-order valence-electron chi connectivity index (χ4n) is 10.1. The number of aromatic nitrogens is 2. The monoisotopic (exact) mass is 576 g/mol. The van der Waals surface area contributed by atoms with E-state index in [2.05, 4.69) is 143 Å². The first-order valence-corrected chi connectivity index (χ1v) is 16.4. The van der Waals surface area contributed by atoms with Crippen molar-refractivity contribution in [2.75, 3.05) is 0 Å². The van der Waals surface area contributed by atoms with Gasteiger partial charge in [-0.3, -0.25) is 0 Å². The number of nitrogens with zero attached hydrogens (tertiary/aromatic N) is 2. The fraction of sp³-hybridized carbons (Fsp3) is 0. The van der Waals surface area contributed by atoms with Crippen LogP contribution in [0.25, 0.3) is 77.2 Å². The van der Waals surface area contributed by atoms with E-state index in [4.69, 9.17) is 0 Å². The van der Waals surface area contributed by atoms with Gasteiger partial charge in [0.15, 0.2) is 0 Å². The van der Waals surface area contributed by atoms with Crippen LogP contribution in [-0.2, 0) is 0 Å². The summed E-state index contributed by atoms with van der Waals surface area (Å²) in [6.45, 7) is 0.420. The van der Waals surface area contributed by atoms with Crippen LogP contribution < -0.4 is 32.8 Å². The second-order valence-electron chi connectivity index (χ2n) is 13.6. The van der Waals surface area contributed by atoms with E-state index < -0.39 is 0 Å². The molecule has 0 bridgehead atoms. The Morgan fingerprint density at radius 1 is 0.348 bits per heavy atom. The van der Waals surface area contributed by atoms with Crippen LogP contribution in [0.15, 0.2) is 133 Å². The summed E-state index contributed by atoms with van der Waals surface area (Å²) >= 11 is 0. The zero-order chi connectivity index (χ0) is 29.4. The smallest absolute Gasteiger partial charge is 0.248 e. The van der Waals surface area contributed by atoms with Gasteiger partial charge in [0, 0.05) is 44.0 Å². The highest BCUT2D eigenvalue weighted by Crippen LogP contribution is 2.41. The molecule has 4 aliphatic rings. The topological polar surface area (TPSA) is 9.86 Å². The summed E-state index contributed by atoms with van der Waals surface area (Å²) < 4.78 is 5.19. The second-order valence-corrected chi connectivity index (χ2v) is 13.6. The molecule has 2 nitrogen and oxygen atoms in total. The number of hydrogen-bond donors (Lipinski definition) is 0. The summed E-state index contributed by atoms with van der Waals surface area (Å²) in [5.41, 5.74) is 22.1. The first-order valence-electron chi connectivity index (χ1n) is 16.4. The molecule has 0 radical (unpaired) electrons. The second kappa shape index (κ2) is 7.38. The molecule has 0 amide bonds. The maximum absolute atomic E-state index is 2.62. The van der Waals surface area contributed by atoms with Crippen molar-refractivity contribution in [1.29, 1.82) is 0 Å². The van der Waals surface area contributed by atoms with Gasteiger partial charge in [-0.2, -0.15) is 0 Å². The molecule has 13 rings (SSSR count). The summed E-state index contributed by atoms with van der Waals surface area (Å²) in [4.78, 5) is 0. The first kappa shape index (κ1) is 22.7. The van der Waals surface area contributed by atoms with Gasteiger partial charge in [0.2, 0.25) is 13.4 Å². The number of benzene rings is 7. The van der Waals surface area contributed by atoms with Crippen molar-refractivity contribution < 1.29 is 0 Å². The largest absolute Gasteiger partial charge is 0.310 e. The zero-order valence-corrected chi connectivity index (χ0v) is 24.8. The minimum atomic E-state index is 0.210. The molecule has 0 atom stereocenters. The van der Waals surface area contributed by atoms with Crippen molar-refractivity contribution in [2.45, 2.75) is 0 Å². The average molecular weight is 576 g/mol. The van der Waals surface area contributed by atoms with Gasteiger partial charge in [-0.1, -0.05) is 126 Å². The molecule has 2 aromatic heterocycles. The molecule has 7 aromatic carbocycles. The summed E-state index contributed by atoms with van der Waals surface area (Å²) in [5, 5.41) is 5.36. The Balaban J connectivity index is 1.26. The van der Waals surface area contributed by atoms with Gasteiger partial charge in [0.1, 0.15) is 0 Å². The third-order valence-corrected chi connectivity index (χ3v) is 11.7. The number of rotatable bonds is 0. The lowest BCUT2D eigenvalue weighted by Crippen LogP contribution is -2.58. The summed E-state index contributed by atoms with van der Waals surface area (Å²) in [6.07, 6.45) is 0. The van der Waals surface area contributed by atoms with E-state index in [0.717, 1.165) is 0 Å². The minimum absolute atomic E-state index is 0.210. The maximum Gasteiger partial charge on any atom is 0.248 e. The molecular formula is C42H22B2N2. The highest BCUT2D eigenvalue weighted by Gasteiger charge is 2.45. The van der Waals surface area contributed by atoms with Crippen molar-refractivity contribution in [3.05, 3.63) is 133 Å². The quantitative estimate of drug-likeness (QED) is 0.211. The predicted octanol–water partition coefficient (Wildman–Crippen LogP) is 5.50. The third kappa shape index (κ3) is 2.29. The molecule has 9 aromatic rings. The van der Waals surface area contributed by atoms with E-state index in [1.54, 1.807) is 0 Å². The lowest BCUT2D eigenvalue weighted by atomic mass is 9.34. The SMILES string of the molecule is c1ccc2c(c1)B1c3cc4c(cc3-n3c5ccccc5c5ccc-2c1c53)-n1c2ccccc2c2ccc3c(c21)B4c1ccccc1-3. The van der Waals surface area contributed by atoms with Gasteiger partial charge in [-0.05, 0) is 62.3 Å². The summed E-state index contributed by atoms with van der Waals surface area (Å²) in [7, 11) is 0. The fourth-order valence-corrected chi connectivity index (χ4v) is 10.1. The molecule has 4 heteroatoms. The standard InChI is InChI=1S/C42H22B2N2/c1-5-13-31-23(9-1)27-17-19-29-25-11-3-7-15-35(25)45-37-22-38-34(21-33(37)43(31)39(27)41(29)45)44-32-14-6-2-10-24(32)28-18-20-30-26-12-4-8-16-36(26)46(38)42(30)40(28)44/h1-22H. The van der Waals surface area contributed by atoms with Gasteiger partial charge in [0.05, 0.1) is 11.0 Å². The molecule has 0 aliphatic carbocycles. The van der Waals surface area contributed by atoms with Gasteiger partial charge < -0.3 is 9.13 Å². The van der Waals surface area contributed by atoms with Crippen LogP contribution in [0, 0.1) is 0 Å². The molecule has 46 heavy (non-hydrogen) atoms. The molecular weight excluding hydrogens is 554 g/mol. The van der Waals surface area contributed by atoms with Crippen LogP contribution in [0.2, 0.25) is 0 Å². The lowest BCUT2D eigenvalue weighted by Gasteiger charge is -2.31. The van der Waals surface area contributed by atoms with Crippen LogP contribution in [0.5, 0.6) is 0 Å². The molecule has 0 saturated heterocycles. The highest BCUT2D eigenvalue weighted by molar-refractivity contribution is 7.04. The molecule has 0 unspecified atom stereocenters. The van der Waals surface area contributed by atoms with Crippen LogP contribution in [0.3, 0.4) is 0 Å². The van der Waals surface area contributed by atoms with E-state index in [1.165, 1.54) is 110 Å². The highest BCUT2D eigenvalue weighted by atomic mass is 15.0. The van der Waals surface area contributed by atoms with Crippen molar-refractivity contribution in [2.24, 2.45) is 0 Å². The molecule has 4 aliphatic heterocycles. The molecule has 0 spiro atoms.